The van der Waals surface area contributed by atoms with Crippen LogP contribution in [0, 0.1) is 5.92 Å². The van der Waals surface area contributed by atoms with Crippen LogP contribution in [0.3, 0.4) is 0 Å². The van der Waals surface area contributed by atoms with Crippen molar-refractivity contribution in [1.29, 1.82) is 0 Å². The van der Waals surface area contributed by atoms with Gasteiger partial charge in [0.15, 0.2) is 0 Å². The summed E-state index contributed by atoms with van der Waals surface area (Å²) >= 11 is 0. The van der Waals surface area contributed by atoms with E-state index in [1.807, 2.05) is 13.8 Å². The Bertz CT molecular complexity index is 920. The molecule has 2 aliphatic rings. The van der Waals surface area contributed by atoms with E-state index in [2.05, 4.69) is 10.6 Å². The number of likely N-dealkylation sites (tertiary alicyclic amines) is 1. The van der Waals surface area contributed by atoms with E-state index < -0.39 is 29.8 Å². The number of aliphatic hydroxyl groups excluding tert-OH is 1. The number of rotatable bonds is 3. The van der Waals surface area contributed by atoms with Crippen LogP contribution in [-0.4, -0.2) is 90.0 Å². The van der Waals surface area contributed by atoms with Gasteiger partial charge in [0.2, 0.25) is 17.7 Å². The molecular formula is C24H34N4O6. The van der Waals surface area contributed by atoms with E-state index in [0.29, 0.717) is 18.7 Å². The molecule has 0 spiro atoms. The highest BCUT2D eigenvalue weighted by Gasteiger charge is 2.36. The molecule has 34 heavy (non-hydrogen) atoms. The lowest BCUT2D eigenvalue weighted by atomic mass is 10.0. The number of para-hydroxylation sites is 1. The third kappa shape index (κ3) is 5.85. The Kier molecular flexibility index (Phi) is 8.49. The highest BCUT2D eigenvalue weighted by Crippen LogP contribution is 2.21. The average Bonchev–Trinajstić information content (AvgIpc) is 3.29. The zero-order valence-electron chi connectivity index (χ0n) is 20.0. The van der Waals surface area contributed by atoms with Gasteiger partial charge < -0.3 is 30.3 Å². The second-order valence-corrected chi connectivity index (χ2v) is 9.13. The highest BCUT2D eigenvalue weighted by atomic mass is 16.5. The largest absolute Gasteiger partial charge is 0.491 e. The van der Waals surface area contributed by atoms with Gasteiger partial charge >= 0.3 is 0 Å². The Morgan fingerprint density at radius 1 is 1.18 bits per heavy atom. The number of carbonyl (C=O) groups excluding carboxylic acids is 4. The molecule has 3 rings (SSSR count). The molecular weight excluding hydrogens is 440 g/mol. The molecule has 0 radical (unpaired) electrons. The van der Waals surface area contributed by atoms with Gasteiger partial charge in [-0.3, -0.25) is 19.2 Å². The standard InChI is InChI=1S/C24H34N4O6/c1-15(2)21-24(33)27(3)11-12-34-19-9-5-4-8-17(19)22(31)25-18(13-20(30)26-21)23(32)28-10-6-7-16(28)14-29/h4-5,8-9,15-16,18,21,29H,6-7,10-14H2,1-3H3,(H,25,31)(H,26,30)/t16-,18+,21-/m1/s1. The predicted octanol–water partition coefficient (Wildman–Crippen LogP) is 0.150. The van der Waals surface area contributed by atoms with Crippen molar-refractivity contribution in [3.8, 4) is 5.75 Å². The first-order chi connectivity index (χ1) is 16.2. The van der Waals surface area contributed by atoms with E-state index in [1.54, 1.807) is 31.3 Å². The van der Waals surface area contributed by atoms with Crippen molar-refractivity contribution < 1.29 is 29.0 Å². The minimum Gasteiger partial charge on any atom is -0.491 e. The number of hydrogen-bond donors (Lipinski definition) is 3. The summed E-state index contributed by atoms with van der Waals surface area (Å²) in [6.45, 7) is 4.33. The number of nitrogens with one attached hydrogen (secondary N) is 2. The van der Waals surface area contributed by atoms with Gasteiger partial charge in [-0.15, -0.1) is 0 Å². The van der Waals surface area contributed by atoms with Gasteiger partial charge in [-0.25, -0.2) is 0 Å². The summed E-state index contributed by atoms with van der Waals surface area (Å²) in [6, 6.07) is 4.34. The quantitative estimate of drug-likeness (QED) is 0.572. The molecule has 0 saturated carbocycles. The smallest absolute Gasteiger partial charge is 0.255 e. The fraction of sp³-hybridized carbons (Fsp3) is 0.583. The van der Waals surface area contributed by atoms with Crippen LogP contribution in [0.1, 0.15) is 43.5 Å². The van der Waals surface area contributed by atoms with Crippen molar-refractivity contribution in [3.63, 3.8) is 0 Å². The van der Waals surface area contributed by atoms with Crippen molar-refractivity contribution in [1.82, 2.24) is 20.4 Å². The van der Waals surface area contributed by atoms with Crippen molar-refractivity contribution >= 4 is 23.6 Å². The number of benzene rings is 1. The summed E-state index contributed by atoms with van der Waals surface area (Å²) in [7, 11) is 1.63. The van der Waals surface area contributed by atoms with Crippen LogP contribution in [0.2, 0.25) is 0 Å². The van der Waals surface area contributed by atoms with Crippen molar-refractivity contribution in [2.75, 3.05) is 33.4 Å². The van der Waals surface area contributed by atoms with E-state index in [1.165, 1.54) is 9.80 Å². The molecule has 186 valence electrons. The lowest BCUT2D eigenvalue weighted by Crippen LogP contribution is -2.55. The number of nitrogens with zero attached hydrogens (tertiary/aromatic N) is 2. The number of ether oxygens (including phenoxy) is 1. The number of aliphatic hydroxyl groups is 1. The minimum atomic E-state index is -1.16. The van der Waals surface area contributed by atoms with E-state index in [-0.39, 0.29) is 49.6 Å². The number of carbonyl (C=O) groups is 4. The van der Waals surface area contributed by atoms with Crippen LogP contribution in [0.5, 0.6) is 5.75 Å². The maximum absolute atomic E-state index is 13.4. The first-order valence-corrected chi connectivity index (χ1v) is 11.7. The van der Waals surface area contributed by atoms with Crippen LogP contribution in [0.15, 0.2) is 24.3 Å². The maximum atomic E-state index is 13.4. The van der Waals surface area contributed by atoms with Gasteiger partial charge in [0, 0.05) is 13.6 Å². The molecule has 1 aromatic rings. The monoisotopic (exact) mass is 474 g/mol. The summed E-state index contributed by atoms with van der Waals surface area (Å²) < 4.78 is 5.80. The lowest BCUT2D eigenvalue weighted by molar-refractivity contribution is -0.139. The lowest BCUT2D eigenvalue weighted by Gasteiger charge is -2.30. The SMILES string of the molecule is CC(C)[C@H]1NC(=O)C[C@@H](C(=O)N2CCC[C@@H]2CO)NC(=O)c2ccccc2OCCN(C)C1=O. The van der Waals surface area contributed by atoms with E-state index in [4.69, 9.17) is 4.74 Å². The molecule has 3 N–H and O–H groups in total. The Labute approximate surface area is 199 Å². The molecule has 0 aromatic heterocycles. The van der Waals surface area contributed by atoms with Gasteiger partial charge in [0.05, 0.1) is 31.2 Å². The second kappa shape index (κ2) is 11.3. The predicted molar refractivity (Wildman–Crippen MR) is 124 cm³/mol. The molecule has 4 amide bonds. The first-order valence-electron chi connectivity index (χ1n) is 11.7. The average molecular weight is 475 g/mol. The molecule has 0 bridgehead atoms. The molecule has 10 nitrogen and oxygen atoms in total. The number of fused-ring (bicyclic) bond motifs is 1. The third-order valence-corrected chi connectivity index (χ3v) is 6.31. The van der Waals surface area contributed by atoms with E-state index in [9.17, 15) is 24.3 Å². The van der Waals surface area contributed by atoms with E-state index >= 15 is 0 Å². The number of likely N-dealkylation sites (N-methyl/N-ethyl adjacent to an activating group) is 1. The highest BCUT2D eigenvalue weighted by molar-refractivity contribution is 6.01. The molecule has 1 fully saturated rings. The fourth-order valence-corrected chi connectivity index (χ4v) is 4.30. The topological polar surface area (TPSA) is 128 Å². The third-order valence-electron chi connectivity index (χ3n) is 6.31. The molecule has 2 aliphatic heterocycles. The molecule has 3 atom stereocenters. The summed E-state index contributed by atoms with van der Waals surface area (Å²) in [5.74, 6) is -1.61. The summed E-state index contributed by atoms with van der Waals surface area (Å²) in [5.41, 5.74) is 0.229. The van der Waals surface area contributed by atoms with Crippen LogP contribution < -0.4 is 15.4 Å². The van der Waals surface area contributed by atoms with Gasteiger partial charge in [-0.2, -0.15) is 0 Å². The van der Waals surface area contributed by atoms with Gasteiger partial charge in [0.25, 0.3) is 5.91 Å². The Morgan fingerprint density at radius 2 is 1.91 bits per heavy atom. The molecule has 0 aliphatic carbocycles. The summed E-state index contributed by atoms with van der Waals surface area (Å²) in [4.78, 5) is 55.5. The van der Waals surface area contributed by atoms with Crippen molar-refractivity contribution in [3.05, 3.63) is 29.8 Å². The van der Waals surface area contributed by atoms with Gasteiger partial charge in [-0.05, 0) is 30.9 Å². The Hall–Kier alpha value is -3.14. The first kappa shape index (κ1) is 25.5. The molecule has 1 saturated heterocycles. The Morgan fingerprint density at radius 3 is 2.62 bits per heavy atom. The van der Waals surface area contributed by atoms with Crippen LogP contribution >= 0.6 is 0 Å². The minimum absolute atomic E-state index is 0.152. The molecule has 2 heterocycles. The van der Waals surface area contributed by atoms with Crippen LogP contribution in [0.4, 0.5) is 0 Å². The van der Waals surface area contributed by atoms with Gasteiger partial charge in [0.1, 0.15) is 24.4 Å². The molecule has 0 unspecified atom stereocenters. The van der Waals surface area contributed by atoms with Gasteiger partial charge in [-0.1, -0.05) is 26.0 Å². The zero-order valence-corrected chi connectivity index (χ0v) is 20.0. The molecule has 1 aromatic carbocycles. The number of hydrogen-bond acceptors (Lipinski definition) is 6. The maximum Gasteiger partial charge on any atom is 0.255 e. The summed E-state index contributed by atoms with van der Waals surface area (Å²) in [6.07, 6.45) is 1.06. The van der Waals surface area contributed by atoms with Crippen LogP contribution in [-0.2, 0) is 14.4 Å². The zero-order chi connectivity index (χ0) is 24.8. The van der Waals surface area contributed by atoms with E-state index in [0.717, 1.165) is 6.42 Å². The number of amides is 4. The Balaban J connectivity index is 1.94. The normalized spacial score (nSPS) is 24.7. The van der Waals surface area contributed by atoms with Crippen molar-refractivity contribution in [2.24, 2.45) is 5.92 Å². The van der Waals surface area contributed by atoms with Crippen LogP contribution in [0.25, 0.3) is 0 Å². The second-order valence-electron chi connectivity index (χ2n) is 9.13. The summed E-state index contributed by atoms with van der Waals surface area (Å²) in [5, 5.41) is 15.1. The van der Waals surface area contributed by atoms with Crippen molar-refractivity contribution in [2.45, 2.75) is 51.2 Å². The fourth-order valence-electron chi connectivity index (χ4n) is 4.30. The molecule has 10 heteroatoms.